The molecule has 1 aliphatic carbocycles. The van der Waals surface area contributed by atoms with Gasteiger partial charge in [-0.2, -0.15) is 0 Å². The molecule has 1 saturated carbocycles. The van der Waals surface area contributed by atoms with E-state index in [4.69, 9.17) is 5.73 Å². The standard InChI is InChI=1S/C14H24N2O4/c1-8(2)6-11(18)14(20)16-12(13(15)19)9-4-3-5-10(17)7-9/h8-9,11-12,18H,3-7H2,1-2H3,(H2,15,19)(H,16,20)/t9-,11-,12-/m0/s1. The van der Waals surface area contributed by atoms with Crippen molar-refractivity contribution in [1.82, 2.24) is 5.32 Å². The molecule has 3 atom stereocenters. The van der Waals surface area contributed by atoms with Crippen LogP contribution in [0.1, 0.15) is 46.0 Å². The van der Waals surface area contributed by atoms with Crippen LogP contribution in [0.5, 0.6) is 0 Å². The molecular weight excluding hydrogens is 260 g/mol. The van der Waals surface area contributed by atoms with E-state index in [9.17, 15) is 19.5 Å². The normalized spacial score (nSPS) is 22.4. The largest absolute Gasteiger partial charge is 0.383 e. The highest BCUT2D eigenvalue weighted by molar-refractivity contribution is 5.89. The van der Waals surface area contributed by atoms with Crippen molar-refractivity contribution in [3.63, 3.8) is 0 Å². The summed E-state index contributed by atoms with van der Waals surface area (Å²) < 4.78 is 0. The van der Waals surface area contributed by atoms with E-state index >= 15 is 0 Å². The second-order valence-electron chi connectivity index (χ2n) is 5.93. The van der Waals surface area contributed by atoms with E-state index in [-0.39, 0.29) is 24.0 Å². The van der Waals surface area contributed by atoms with Gasteiger partial charge in [-0.05, 0) is 31.1 Å². The highest BCUT2D eigenvalue weighted by atomic mass is 16.3. The Bertz CT molecular complexity index is 381. The maximum absolute atomic E-state index is 11.9. The Morgan fingerprint density at radius 2 is 2.10 bits per heavy atom. The Balaban J connectivity index is 2.65. The van der Waals surface area contributed by atoms with Crippen molar-refractivity contribution < 1.29 is 19.5 Å². The summed E-state index contributed by atoms with van der Waals surface area (Å²) in [5.41, 5.74) is 5.32. The van der Waals surface area contributed by atoms with Gasteiger partial charge < -0.3 is 16.2 Å². The van der Waals surface area contributed by atoms with Crippen molar-refractivity contribution in [3.05, 3.63) is 0 Å². The van der Waals surface area contributed by atoms with Gasteiger partial charge in [-0.25, -0.2) is 0 Å². The fourth-order valence-electron chi connectivity index (χ4n) is 2.57. The first-order valence-corrected chi connectivity index (χ1v) is 7.10. The molecule has 2 amide bonds. The highest BCUT2D eigenvalue weighted by Gasteiger charge is 2.33. The van der Waals surface area contributed by atoms with Crippen molar-refractivity contribution >= 4 is 17.6 Å². The van der Waals surface area contributed by atoms with Crippen LogP contribution >= 0.6 is 0 Å². The second kappa shape index (κ2) is 7.38. The minimum atomic E-state index is -1.16. The summed E-state index contributed by atoms with van der Waals surface area (Å²) in [7, 11) is 0. The van der Waals surface area contributed by atoms with Gasteiger partial charge in [0.1, 0.15) is 17.9 Å². The number of carbonyl (C=O) groups is 3. The molecule has 1 fully saturated rings. The average molecular weight is 284 g/mol. The monoisotopic (exact) mass is 284 g/mol. The van der Waals surface area contributed by atoms with Gasteiger partial charge in [-0.1, -0.05) is 13.8 Å². The number of aliphatic hydroxyl groups excluding tert-OH is 1. The summed E-state index contributed by atoms with van der Waals surface area (Å²) in [4.78, 5) is 34.8. The number of ketones is 1. The Morgan fingerprint density at radius 1 is 1.45 bits per heavy atom. The summed E-state index contributed by atoms with van der Waals surface area (Å²) in [6.45, 7) is 3.78. The SMILES string of the molecule is CC(C)C[C@H](O)C(=O)N[C@H](C(N)=O)[C@H]1CCCC(=O)C1. The molecule has 0 aromatic carbocycles. The molecule has 4 N–H and O–H groups in total. The molecule has 6 nitrogen and oxygen atoms in total. The minimum absolute atomic E-state index is 0.0875. The molecule has 1 rings (SSSR count). The molecule has 0 radical (unpaired) electrons. The third kappa shape index (κ3) is 4.92. The molecule has 0 aliphatic heterocycles. The van der Waals surface area contributed by atoms with Crippen molar-refractivity contribution in [1.29, 1.82) is 0 Å². The van der Waals surface area contributed by atoms with E-state index in [1.165, 1.54) is 0 Å². The Kier molecular flexibility index (Phi) is 6.13. The predicted molar refractivity (Wildman–Crippen MR) is 73.6 cm³/mol. The van der Waals surface area contributed by atoms with Crippen LogP contribution in [0.25, 0.3) is 0 Å². The third-order valence-corrected chi connectivity index (χ3v) is 3.59. The molecule has 114 valence electrons. The van der Waals surface area contributed by atoms with E-state index in [1.54, 1.807) is 0 Å². The van der Waals surface area contributed by atoms with Gasteiger partial charge >= 0.3 is 0 Å². The van der Waals surface area contributed by atoms with Gasteiger partial charge in [0.25, 0.3) is 0 Å². The fraction of sp³-hybridized carbons (Fsp3) is 0.786. The number of Topliss-reactive ketones (excluding diaryl/α,β-unsaturated/α-hetero) is 1. The van der Waals surface area contributed by atoms with Crippen LogP contribution in [0.2, 0.25) is 0 Å². The predicted octanol–water partition coefficient (Wildman–Crippen LogP) is 0.123. The van der Waals surface area contributed by atoms with E-state index in [0.717, 1.165) is 0 Å². The number of nitrogens with one attached hydrogen (secondary N) is 1. The van der Waals surface area contributed by atoms with Crippen LogP contribution in [-0.2, 0) is 14.4 Å². The molecule has 0 aromatic heterocycles. The first-order valence-electron chi connectivity index (χ1n) is 7.10. The zero-order chi connectivity index (χ0) is 15.3. The summed E-state index contributed by atoms with van der Waals surface area (Å²) in [5, 5.41) is 12.2. The van der Waals surface area contributed by atoms with Crippen molar-refractivity contribution in [2.75, 3.05) is 0 Å². The number of rotatable bonds is 6. The lowest BCUT2D eigenvalue weighted by atomic mass is 9.82. The molecular formula is C14H24N2O4. The topological polar surface area (TPSA) is 109 Å². The van der Waals surface area contributed by atoms with Crippen LogP contribution in [0, 0.1) is 11.8 Å². The molecule has 0 aromatic rings. The van der Waals surface area contributed by atoms with E-state index in [2.05, 4.69) is 5.32 Å². The molecule has 0 unspecified atom stereocenters. The second-order valence-corrected chi connectivity index (χ2v) is 5.93. The van der Waals surface area contributed by atoms with Crippen LogP contribution in [-0.4, -0.2) is 34.8 Å². The number of primary amides is 1. The van der Waals surface area contributed by atoms with Gasteiger partial charge in [0.05, 0.1) is 0 Å². The maximum atomic E-state index is 11.9. The lowest BCUT2D eigenvalue weighted by molar-refractivity contribution is -0.135. The summed E-state index contributed by atoms with van der Waals surface area (Å²) >= 11 is 0. The summed E-state index contributed by atoms with van der Waals surface area (Å²) in [6.07, 6.45) is 1.33. The van der Waals surface area contributed by atoms with Gasteiger partial charge in [0.2, 0.25) is 11.8 Å². The smallest absolute Gasteiger partial charge is 0.249 e. The van der Waals surface area contributed by atoms with E-state index in [0.29, 0.717) is 25.7 Å². The van der Waals surface area contributed by atoms with E-state index < -0.39 is 24.0 Å². The van der Waals surface area contributed by atoms with Crippen molar-refractivity contribution in [3.8, 4) is 0 Å². The van der Waals surface area contributed by atoms with Gasteiger partial charge in [0.15, 0.2) is 0 Å². The third-order valence-electron chi connectivity index (χ3n) is 3.59. The first-order chi connectivity index (χ1) is 9.31. The minimum Gasteiger partial charge on any atom is -0.383 e. The zero-order valence-electron chi connectivity index (χ0n) is 12.1. The molecule has 0 bridgehead atoms. The van der Waals surface area contributed by atoms with Crippen molar-refractivity contribution in [2.24, 2.45) is 17.6 Å². The quantitative estimate of drug-likeness (QED) is 0.643. The molecule has 0 saturated heterocycles. The van der Waals surface area contributed by atoms with Gasteiger partial charge in [0, 0.05) is 12.8 Å². The number of nitrogens with two attached hydrogens (primary N) is 1. The van der Waals surface area contributed by atoms with Crippen LogP contribution in [0.4, 0.5) is 0 Å². The first kappa shape index (κ1) is 16.6. The molecule has 1 aliphatic rings. The molecule has 6 heteroatoms. The average Bonchev–Trinajstić information content (AvgIpc) is 2.34. The lowest BCUT2D eigenvalue weighted by Crippen LogP contribution is -2.52. The van der Waals surface area contributed by atoms with Gasteiger partial charge in [-0.15, -0.1) is 0 Å². The van der Waals surface area contributed by atoms with Crippen molar-refractivity contribution in [2.45, 2.75) is 58.1 Å². The van der Waals surface area contributed by atoms with Crippen LogP contribution in [0.3, 0.4) is 0 Å². The zero-order valence-corrected chi connectivity index (χ0v) is 12.1. The highest BCUT2D eigenvalue weighted by Crippen LogP contribution is 2.24. The van der Waals surface area contributed by atoms with E-state index in [1.807, 2.05) is 13.8 Å². The molecule has 20 heavy (non-hydrogen) atoms. The summed E-state index contributed by atoms with van der Waals surface area (Å²) in [5.74, 6) is -1.26. The Hall–Kier alpha value is -1.43. The number of hydrogen-bond donors (Lipinski definition) is 3. The number of carbonyl (C=O) groups excluding carboxylic acids is 3. The Morgan fingerprint density at radius 3 is 2.60 bits per heavy atom. The maximum Gasteiger partial charge on any atom is 0.249 e. The van der Waals surface area contributed by atoms with Crippen LogP contribution in [0.15, 0.2) is 0 Å². The molecule has 0 heterocycles. The number of aliphatic hydroxyl groups is 1. The Labute approximate surface area is 119 Å². The lowest BCUT2D eigenvalue weighted by Gasteiger charge is -2.28. The summed E-state index contributed by atoms with van der Waals surface area (Å²) in [6, 6.07) is -0.881. The van der Waals surface area contributed by atoms with Gasteiger partial charge in [-0.3, -0.25) is 14.4 Å². The number of amides is 2. The fourth-order valence-corrected chi connectivity index (χ4v) is 2.57. The van der Waals surface area contributed by atoms with Crippen LogP contribution < -0.4 is 11.1 Å². The number of hydrogen-bond acceptors (Lipinski definition) is 4. The molecule has 0 spiro atoms.